The monoisotopic (exact) mass is 384 g/mol. The number of nitrogens with zero attached hydrogens (tertiary/aromatic N) is 2. The number of rotatable bonds is 6. The molecule has 0 spiro atoms. The van der Waals surface area contributed by atoms with Crippen LogP contribution < -0.4 is 4.90 Å². The van der Waals surface area contributed by atoms with Crippen molar-refractivity contribution in [2.24, 2.45) is 5.92 Å². The molecule has 2 fully saturated rings. The van der Waals surface area contributed by atoms with Crippen molar-refractivity contribution >= 4 is 28.8 Å². The molecule has 6 heteroatoms. The molecule has 2 aliphatic heterocycles. The van der Waals surface area contributed by atoms with Gasteiger partial charge < -0.3 is 14.5 Å². The highest BCUT2D eigenvalue weighted by atomic mass is 32.1. The Labute approximate surface area is 163 Å². The lowest BCUT2D eigenvalue weighted by Gasteiger charge is -2.27. The number of ether oxygens (including phenoxy) is 1. The minimum Gasteiger partial charge on any atom is -0.376 e. The van der Waals surface area contributed by atoms with Gasteiger partial charge in [-0.2, -0.15) is 0 Å². The number of amides is 2. The van der Waals surface area contributed by atoms with Crippen LogP contribution in [0.25, 0.3) is 0 Å². The Morgan fingerprint density at radius 3 is 2.78 bits per heavy atom. The molecule has 2 unspecified atom stereocenters. The molecule has 5 nitrogen and oxygen atoms in total. The number of thiophene rings is 1. The summed E-state index contributed by atoms with van der Waals surface area (Å²) in [5.74, 6) is -0.211. The van der Waals surface area contributed by atoms with Crippen LogP contribution in [0, 0.1) is 5.92 Å². The number of carbonyl (C=O) groups is 2. The lowest BCUT2D eigenvalue weighted by Crippen LogP contribution is -2.41. The van der Waals surface area contributed by atoms with E-state index in [4.69, 9.17) is 4.74 Å². The van der Waals surface area contributed by atoms with Crippen LogP contribution in [0.1, 0.15) is 24.1 Å². The van der Waals surface area contributed by atoms with E-state index in [1.807, 2.05) is 46.7 Å². The Bertz CT molecular complexity index is 772. The number of hydrogen-bond acceptors (Lipinski definition) is 4. The van der Waals surface area contributed by atoms with Crippen molar-refractivity contribution in [3.8, 4) is 0 Å². The molecule has 0 N–H and O–H groups in total. The molecule has 1 aromatic carbocycles. The first-order chi connectivity index (χ1) is 13.2. The maximum atomic E-state index is 13.3. The van der Waals surface area contributed by atoms with Gasteiger partial charge in [0.2, 0.25) is 11.8 Å². The molecule has 27 heavy (non-hydrogen) atoms. The fourth-order valence-corrected chi connectivity index (χ4v) is 4.57. The van der Waals surface area contributed by atoms with Crippen molar-refractivity contribution in [2.45, 2.75) is 31.9 Å². The van der Waals surface area contributed by atoms with Crippen LogP contribution in [0.2, 0.25) is 0 Å². The molecule has 2 amide bonds. The first-order valence-corrected chi connectivity index (χ1v) is 10.4. The van der Waals surface area contributed by atoms with Crippen molar-refractivity contribution in [3.05, 3.63) is 52.7 Å². The molecule has 142 valence electrons. The molecule has 0 aliphatic carbocycles. The van der Waals surface area contributed by atoms with E-state index in [9.17, 15) is 9.59 Å². The van der Waals surface area contributed by atoms with Crippen molar-refractivity contribution in [2.75, 3.05) is 24.6 Å². The summed E-state index contributed by atoms with van der Waals surface area (Å²) in [5, 5.41) is 2.03. The second-order valence-electron chi connectivity index (χ2n) is 7.17. The SMILES string of the molecule is O=C(C1CC(=O)N(c2ccccc2)C1)N(Cc1cccs1)CC1CCCO1. The number of benzene rings is 1. The van der Waals surface area contributed by atoms with Crippen molar-refractivity contribution in [1.29, 1.82) is 0 Å². The molecular weight excluding hydrogens is 360 g/mol. The Morgan fingerprint density at radius 2 is 2.07 bits per heavy atom. The third-order valence-corrected chi connectivity index (χ3v) is 6.09. The van der Waals surface area contributed by atoms with Gasteiger partial charge >= 0.3 is 0 Å². The van der Waals surface area contributed by atoms with Gasteiger partial charge in [0.05, 0.1) is 18.6 Å². The smallest absolute Gasteiger partial charge is 0.228 e. The quantitative estimate of drug-likeness (QED) is 0.768. The molecule has 0 radical (unpaired) electrons. The first-order valence-electron chi connectivity index (χ1n) is 9.49. The van der Waals surface area contributed by atoms with Crippen LogP contribution in [0.15, 0.2) is 47.8 Å². The molecule has 2 aromatic rings. The fourth-order valence-electron chi connectivity index (χ4n) is 3.85. The standard InChI is InChI=1S/C21H24N2O3S/c24-20-12-16(13-23(20)17-6-2-1-3-7-17)21(25)22(14-18-8-4-10-26-18)15-19-9-5-11-27-19/h1-3,5-7,9,11,16,18H,4,8,10,12-15H2. The highest BCUT2D eigenvalue weighted by Gasteiger charge is 2.38. The molecule has 2 saturated heterocycles. The third kappa shape index (κ3) is 4.22. The second-order valence-corrected chi connectivity index (χ2v) is 8.21. The number of para-hydroxylation sites is 1. The number of anilines is 1. The molecule has 3 heterocycles. The summed E-state index contributed by atoms with van der Waals surface area (Å²) >= 11 is 1.66. The molecular formula is C21H24N2O3S. The fraction of sp³-hybridized carbons (Fsp3) is 0.429. The van der Waals surface area contributed by atoms with E-state index < -0.39 is 0 Å². The predicted molar refractivity (Wildman–Crippen MR) is 106 cm³/mol. The lowest BCUT2D eigenvalue weighted by atomic mass is 10.1. The average molecular weight is 385 g/mol. The second kappa shape index (κ2) is 8.23. The van der Waals surface area contributed by atoms with Crippen molar-refractivity contribution in [3.63, 3.8) is 0 Å². The van der Waals surface area contributed by atoms with Gasteiger partial charge in [0.15, 0.2) is 0 Å². The van der Waals surface area contributed by atoms with Gasteiger partial charge in [-0.1, -0.05) is 24.3 Å². The minimum absolute atomic E-state index is 0.0211. The maximum absolute atomic E-state index is 13.3. The maximum Gasteiger partial charge on any atom is 0.228 e. The average Bonchev–Trinajstić information content (AvgIpc) is 3.44. The van der Waals surface area contributed by atoms with E-state index in [0.29, 0.717) is 19.6 Å². The summed E-state index contributed by atoms with van der Waals surface area (Å²) in [5.41, 5.74) is 0.863. The molecule has 2 aliphatic rings. The molecule has 0 saturated carbocycles. The van der Waals surface area contributed by atoms with Crippen LogP contribution in [0.4, 0.5) is 5.69 Å². The molecule has 0 bridgehead atoms. The van der Waals surface area contributed by atoms with Crippen molar-refractivity contribution in [1.82, 2.24) is 4.90 Å². The van der Waals surface area contributed by atoms with Crippen LogP contribution in [0.5, 0.6) is 0 Å². The molecule has 2 atom stereocenters. The highest BCUT2D eigenvalue weighted by molar-refractivity contribution is 7.09. The topological polar surface area (TPSA) is 49.9 Å². The zero-order valence-corrected chi connectivity index (χ0v) is 16.1. The normalized spacial score (nSPS) is 22.4. The van der Waals surface area contributed by atoms with Gasteiger partial charge in [-0.25, -0.2) is 0 Å². The minimum atomic E-state index is -0.293. The Morgan fingerprint density at radius 1 is 1.22 bits per heavy atom. The molecule has 1 aromatic heterocycles. The van der Waals surface area contributed by atoms with Gasteiger partial charge in [-0.3, -0.25) is 9.59 Å². The van der Waals surface area contributed by atoms with Crippen LogP contribution in [-0.4, -0.2) is 42.5 Å². The third-order valence-electron chi connectivity index (χ3n) is 5.23. The Kier molecular flexibility index (Phi) is 5.55. The van der Waals surface area contributed by atoms with E-state index in [1.54, 1.807) is 16.2 Å². The van der Waals surface area contributed by atoms with E-state index in [0.717, 1.165) is 30.0 Å². The van der Waals surface area contributed by atoms with Gasteiger partial charge in [-0.15, -0.1) is 11.3 Å². The lowest BCUT2D eigenvalue weighted by molar-refractivity contribution is -0.138. The van der Waals surface area contributed by atoms with E-state index in [-0.39, 0.29) is 30.3 Å². The summed E-state index contributed by atoms with van der Waals surface area (Å²) < 4.78 is 5.76. The largest absolute Gasteiger partial charge is 0.376 e. The van der Waals surface area contributed by atoms with Gasteiger partial charge in [0, 0.05) is 36.7 Å². The summed E-state index contributed by atoms with van der Waals surface area (Å²) in [7, 11) is 0. The van der Waals surface area contributed by atoms with Crippen LogP contribution in [0.3, 0.4) is 0 Å². The number of carbonyl (C=O) groups excluding carboxylic acids is 2. The van der Waals surface area contributed by atoms with E-state index in [1.165, 1.54) is 0 Å². The summed E-state index contributed by atoms with van der Waals surface area (Å²) in [4.78, 5) is 30.6. The summed E-state index contributed by atoms with van der Waals surface area (Å²) in [6.45, 7) is 2.42. The van der Waals surface area contributed by atoms with Gasteiger partial charge in [0.1, 0.15) is 0 Å². The first kappa shape index (κ1) is 18.2. The van der Waals surface area contributed by atoms with E-state index in [2.05, 4.69) is 6.07 Å². The van der Waals surface area contributed by atoms with Crippen LogP contribution >= 0.6 is 11.3 Å². The van der Waals surface area contributed by atoms with E-state index >= 15 is 0 Å². The van der Waals surface area contributed by atoms with Crippen molar-refractivity contribution < 1.29 is 14.3 Å². The Hall–Kier alpha value is -2.18. The summed E-state index contributed by atoms with van der Waals surface area (Å²) in [6.07, 6.45) is 2.43. The zero-order chi connectivity index (χ0) is 18.6. The van der Waals surface area contributed by atoms with Gasteiger partial charge in [0.25, 0.3) is 0 Å². The highest BCUT2D eigenvalue weighted by Crippen LogP contribution is 2.27. The Balaban J connectivity index is 1.47. The van der Waals surface area contributed by atoms with Gasteiger partial charge in [-0.05, 0) is 36.4 Å². The van der Waals surface area contributed by atoms with Crippen LogP contribution in [-0.2, 0) is 20.9 Å². The molecule has 4 rings (SSSR count). The number of hydrogen-bond donors (Lipinski definition) is 0. The summed E-state index contributed by atoms with van der Waals surface area (Å²) in [6, 6.07) is 13.6. The predicted octanol–water partition coefficient (Wildman–Crippen LogP) is 3.31. The zero-order valence-electron chi connectivity index (χ0n) is 15.3.